The minimum absolute atomic E-state index is 0.0446. The van der Waals surface area contributed by atoms with E-state index in [0.29, 0.717) is 27.2 Å². The number of ether oxygens (including phenoxy) is 1. The normalized spacial score (nSPS) is 24.5. The third-order valence-corrected chi connectivity index (χ3v) is 7.52. The zero-order valence-corrected chi connectivity index (χ0v) is 18.5. The number of nitrogens with zero attached hydrogens (tertiary/aromatic N) is 1. The lowest BCUT2D eigenvalue weighted by atomic mass is 9.69. The van der Waals surface area contributed by atoms with E-state index >= 15 is 0 Å². The molecule has 1 amide bonds. The first-order valence-corrected chi connectivity index (χ1v) is 10.5. The monoisotopic (exact) mass is 433 g/mol. The van der Waals surface area contributed by atoms with Gasteiger partial charge >= 0.3 is 0 Å². The van der Waals surface area contributed by atoms with Gasteiger partial charge in [-0.1, -0.05) is 50.0 Å². The van der Waals surface area contributed by atoms with E-state index in [1.54, 1.807) is 6.07 Å². The smallest absolute Gasteiger partial charge is 0.276 e. The first-order valence-electron chi connectivity index (χ1n) is 9.79. The molecule has 2 aromatic rings. The SMILES string of the molecule is Cc1ccc2c(Cl)cc(Cl)c(OCC(=O)NNC3=C[C@H]4CC[C@@]3(C)C4(C)C)c2n1. The van der Waals surface area contributed by atoms with Gasteiger partial charge in [-0.05, 0) is 49.3 Å². The molecule has 1 heterocycles. The van der Waals surface area contributed by atoms with Crippen molar-refractivity contribution < 1.29 is 9.53 Å². The van der Waals surface area contributed by atoms with E-state index in [1.165, 1.54) is 6.42 Å². The van der Waals surface area contributed by atoms with Gasteiger partial charge in [-0.25, -0.2) is 4.98 Å². The van der Waals surface area contributed by atoms with Crippen LogP contribution < -0.4 is 15.6 Å². The number of hydrogen-bond acceptors (Lipinski definition) is 4. The molecule has 5 nitrogen and oxygen atoms in total. The Hall–Kier alpha value is -1.98. The van der Waals surface area contributed by atoms with Crippen molar-refractivity contribution in [2.45, 2.75) is 40.5 Å². The molecular formula is C22H25Cl2N3O2. The number of halogens is 2. The van der Waals surface area contributed by atoms with Gasteiger partial charge in [0.15, 0.2) is 12.4 Å². The molecule has 154 valence electrons. The number of carbonyl (C=O) groups is 1. The molecule has 0 spiro atoms. The zero-order valence-electron chi connectivity index (χ0n) is 17.0. The fourth-order valence-electron chi connectivity index (χ4n) is 4.61. The Balaban J connectivity index is 1.44. The molecule has 2 N–H and O–H groups in total. The van der Waals surface area contributed by atoms with Crippen LogP contribution in [0.5, 0.6) is 5.75 Å². The molecule has 2 aliphatic carbocycles. The molecule has 1 fully saturated rings. The van der Waals surface area contributed by atoms with Crippen molar-refractivity contribution >= 4 is 40.0 Å². The quantitative estimate of drug-likeness (QED) is 0.636. The Morgan fingerprint density at radius 3 is 2.69 bits per heavy atom. The lowest BCUT2D eigenvalue weighted by Crippen LogP contribution is -2.44. The number of benzene rings is 1. The van der Waals surface area contributed by atoms with Crippen molar-refractivity contribution in [1.82, 2.24) is 15.8 Å². The summed E-state index contributed by atoms with van der Waals surface area (Å²) in [6.45, 7) is 8.54. The number of allylic oxidation sites excluding steroid dienone is 2. The van der Waals surface area contributed by atoms with Crippen LogP contribution in [0.25, 0.3) is 10.9 Å². The minimum atomic E-state index is -0.290. The van der Waals surface area contributed by atoms with Crippen LogP contribution in [0.4, 0.5) is 0 Å². The van der Waals surface area contributed by atoms with Crippen LogP contribution >= 0.6 is 23.2 Å². The van der Waals surface area contributed by atoms with Gasteiger partial charge in [0.2, 0.25) is 0 Å². The highest BCUT2D eigenvalue weighted by Crippen LogP contribution is 2.64. The second-order valence-corrected chi connectivity index (χ2v) is 9.57. The topological polar surface area (TPSA) is 63.2 Å². The zero-order chi connectivity index (χ0) is 21.0. The molecule has 29 heavy (non-hydrogen) atoms. The molecule has 1 saturated carbocycles. The highest BCUT2D eigenvalue weighted by atomic mass is 35.5. The van der Waals surface area contributed by atoms with E-state index < -0.39 is 0 Å². The molecule has 7 heteroatoms. The average Bonchev–Trinajstić information content (AvgIpc) is 2.99. The summed E-state index contributed by atoms with van der Waals surface area (Å²) >= 11 is 12.6. The van der Waals surface area contributed by atoms with E-state index in [2.05, 4.69) is 42.7 Å². The number of fused-ring (bicyclic) bond motifs is 3. The number of aromatic nitrogens is 1. The Bertz CT molecular complexity index is 1030. The van der Waals surface area contributed by atoms with Crippen LogP contribution in [0.15, 0.2) is 30.0 Å². The highest BCUT2D eigenvalue weighted by molar-refractivity contribution is 6.39. The van der Waals surface area contributed by atoms with E-state index in [1.807, 2.05) is 19.1 Å². The van der Waals surface area contributed by atoms with Crippen LogP contribution in [0.2, 0.25) is 10.0 Å². The summed E-state index contributed by atoms with van der Waals surface area (Å²) in [5.74, 6) is 0.607. The molecule has 0 radical (unpaired) electrons. The Morgan fingerprint density at radius 1 is 1.28 bits per heavy atom. The summed E-state index contributed by atoms with van der Waals surface area (Å²) in [5, 5.41) is 1.55. The Morgan fingerprint density at radius 2 is 2.03 bits per heavy atom. The van der Waals surface area contributed by atoms with Crippen molar-refractivity contribution in [3.8, 4) is 5.75 Å². The molecule has 2 atom stereocenters. The van der Waals surface area contributed by atoms with Crippen molar-refractivity contribution in [2.75, 3.05) is 6.61 Å². The number of amides is 1. The summed E-state index contributed by atoms with van der Waals surface area (Å²) in [7, 11) is 0. The summed E-state index contributed by atoms with van der Waals surface area (Å²) in [4.78, 5) is 16.9. The Labute approximate surface area is 180 Å². The maximum atomic E-state index is 12.4. The predicted molar refractivity (Wildman–Crippen MR) is 116 cm³/mol. The van der Waals surface area contributed by atoms with E-state index in [0.717, 1.165) is 23.2 Å². The molecule has 0 unspecified atom stereocenters. The van der Waals surface area contributed by atoms with Crippen LogP contribution in [-0.2, 0) is 4.79 Å². The molecule has 1 aromatic carbocycles. The van der Waals surface area contributed by atoms with Crippen LogP contribution in [0.1, 0.15) is 39.3 Å². The number of hydrazine groups is 1. The number of pyridine rings is 1. The first kappa shape index (κ1) is 20.3. The van der Waals surface area contributed by atoms with E-state index in [-0.39, 0.29) is 23.3 Å². The molecule has 2 bridgehead atoms. The largest absolute Gasteiger partial charge is 0.480 e. The van der Waals surface area contributed by atoms with Crippen LogP contribution in [-0.4, -0.2) is 17.5 Å². The summed E-state index contributed by atoms with van der Waals surface area (Å²) in [5.41, 5.74) is 8.57. The molecule has 4 rings (SSSR count). The third-order valence-electron chi connectivity index (χ3n) is 6.93. The second-order valence-electron chi connectivity index (χ2n) is 8.76. The molecule has 0 saturated heterocycles. The van der Waals surface area contributed by atoms with Crippen molar-refractivity contribution in [3.63, 3.8) is 0 Å². The van der Waals surface area contributed by atoms with E-state index in [9.17, 15) is 4.79 Å². The second kappa shape index (κ2) is 7.06. The molecular weight excluding hydrogens is 409 g/mol. The standard InChI is InChI=1S/C22H25Cl2N3O2/c1-12-5-6-14-15(23)10-16(24)20(19(14)25-12)29-11-18(28)27-26-17-9-13-7-8-22(17,4)21(13,2)3/h5-6,9-10,13,26H,7-8,11H2,1-4H3,(H,27,28)/t13-,22-/m1/s1. The van der Waals surface area contributed by atoms with Gasteiger partial charge in [0.25, 0.3) is 5.91 Å². The van der Waals surface area contributed by atoms with Crippen molar-refractivity contribution in [1.29, 1.82) is 0 Å². The number of aryl methyl sites for hydroxylation is 1. The van der Waals surface area contributed by atoms with Gasteiger partial charge < -0.3 is 10.2 Å². The maximum absolute atomic E-state index is 12.4. The van der Waals surface area contributed by atoms with E-state index in [4.69, 9.17) is 27.9 Å². The van der Waals surface area contributed by atoms with Gasteiger partial charge in [0.05, 0.1) is 10.0 Å². The summed E-state index contributed by atoms with van der Waals surface area (Å²) in [6.07, 6.45) is 4.56. The van der Waals surface area contributed by atoms with Gasteiger partial charge in [-0.3, -0.25) is 10.2 Å². The number of hydrogen-bond donors (Lipinski definition) is 2. The highest BCUT2D eigenvalue weighted by Gasteiger charge is 2.57. The van der Waals surface area contributed by atoms with Crippen LogP contribution in [0.3, 0.4) is 0 Å². The third kappa shape index (κ3) is 3.24. The minimum Gasteiger partial charge on any atom is -0.480 e. The predicted octanol–water partition coefficient (Wildman–Crippen LogP) is 5.19. The average molecular weight is 434 g/mol. The maximum Gasteiger partial charge on any atom is 0.276 e. The number of nitrogens with one attached hydrogen (secondary N) is 2. The van der Waals surface area contributed by atoms with Crippen molar-refractivity contribution in [3.05, 3.63) is 45.7 Å². The fraction of sp³-hybridized carbons (Fsp3) is 0.455. The van der Waals surface area contributed by atoms with Gasteiger partial charge in [-0.15, -0.1) is 0 Å². The molecule has 0 aliphatic heterocycles. The number of carbonyl (C=O) groups excluding carboxylic acids is 1. The van der Waals surface area contributed by atoms with Gasteiger partial charge in [0.1, 0.15) is 5.52 Å². The van der Waals surface area contributed by atoms with Gasteiger partial charge in [-0.2, -0.15) is 0 Å². The lowest BCUT2D eigenvalue weighted by molar-refractivity contribution is -0.124. The van der Waals surface area contributed by atoms with Crippen LogP contribution in [0, 0.1) is 23.7 Å². The summed E-state index contributed by atoms with van der Waals surface area (Å²) < 4.78 is 5.74. The molecule has 2 aliphatic rings. The van der Waals surface area contributed by atoms with Crippen molar-refractivity contribution in [2.24, 2.45) is 16.7 Å². The Kier molecular flexibility index (Phi) is 4.94. The number of rotatable bonds is 5. The summed E-state index contributed by atoms with van der Waals surface area (Å²) in [6, 6.07) is 5.35. The first-order chi connectivity index (χ1) is 13.6. The van der Waals surface area contributed by atoms with Gasteiger partial charge in [0, 0.05) is 22.2 Å². The molecule has 1 aromatic heterocycles. The lowest BCUT2D eigenvalue weighted by Gasteiger charge is -2.37. The fourth-order valence-corrected chi connectivity index (χ4v) is 5.18.